The monoisotopic (exact) mass is 356 g/mol. The van der Waals surface area contributed by atoms with E-state index in [-0.39, 0.29) is 11.8 Å². The lowest BCUT2D eigenvalue weighted by Crippen LogP contribution is -2.45. The Kier molecular flexibility index (Phi) is 5.97. The van der Waals surface area contributed by atoms with Crippen LogP contribution in [0.1, 0.15) is 32.5 Å². The van der Waals surface area contributed by atoms with Crippen molar-refractivity contribution in [2.24, 2.45) is 11.8 Å². The first kappa shape index (κ1) is 18.9. The molecule has 142 valence electrons. The van der Waals surface area contributed by atoms with Gasteiger partial charge in [-0.05, 0) is 45.0 Å². The Morgan fingerprint density at radius 1 is 1.35 bits per heavy atom. The highest BCUT2D eigenvalue weighted by atomic mass is 16.2. The molecule has 2 aromatic rings. The maximum absolute atomic E-state index is 13.1. The van der Waals surface area contributed by atoms with Crippen LogP contribution in [-0.4, -0.2) is 59.0 Å². The van der Waals surface area contributed by atoms with Crippen LogP contribution in [-0.2, 0) is 17.8 Å². The second-order valence-corrected chi connectivity index (χ2v) is 7.94. The lowest BCUT2D eigenvalue weighted by atomic mass is 9.96. The highest BCUT2D eigenvalue weighted by Crippen LogP contribution is 2.22. The summed E-state index contributed by atoms with van der Waals surface area (Å²) in [6, 6.07) is 8.22. The molecule has 0 spiro atoms. The van der Waals surface area contributed by atoms with Gasteiger partial charge in [0.2, 0.25) is 5.91 Å². The van der Waals surface area contributed by atoms with E-state index in [2.05, 4.69) is 48.4 Å². The Labute approximate surface area is 157 Å². The Hall–Kier alpha value is -1.88. The number of hydrogen-bond donors (Lipinski definition) is 0. The van der Waals surface area contributed by atoms with Crippen LogP contribution >= 0.6 is 0 Å². The van der Waals surface area contributed by atoms with Crippen molar-refractivity contribution < 1.29 is 4.79 Å². The van der Waals surface area contributed by atoms with Gasteiger partial charge in [-0.3, -0.25) is 4.79 Å². The van der Waals surface area contributed by atoms with Crippen LogP contribution < -0.4 is 0 Å². The number of hydrogen-bond acceptors (Lipinski definition) is 3. The van der Waals surface area contributed by atoms with E-state index < -0.39 is 0 Å². The summed E-state index contributed by atoms with van der Waals surface area (Å²) in [6.45, 7) is 7.75. The maximum Gasteiger partial charge on any atom is 0.227 e. The zero-order valence-corrected chi connectivity index (χ0v) is 16.6. The molecule has 0 N–H and O–H groups in total. The molecule has 2 heterocycles. The Morgan fingerprint density at radius 3 is 2.85 bits per heavy atom. The molecule has 1 aliphatic heterocycles. The fourth-order valence-electron chi connectivity index (χ4n) is 4.19. The molecular weight excluding hydrogens is 324 g/mol. The van der Waals surface area contributed by atoms with Gasteiger partial charge in [0.05, 0.1) is 17.0 Å². The third-order valence-corrected chi connectivity index (χ3v) is 5.38. The molecule has 1 aromatic heterocycles. The first-order valence-electron chi connectivity index (χ1n) is 9.87. The smallest absolute Gasteiger partial charge is 0.227 e. The van der Waals surface area contributed by atoms with Gasteiger partial charge in [-0.2, -0.15) is 0 Å². The second-order valence-electron chi connectivity index (χ2n) is 7.94. The molecule has 5 nitrogen and oxygen atoms in total. The average Bonchev–Trinajstić information content (AvgIpc) is 2.98. The van der Waals surface area contributed by atoms with Crippen LogP contribution in [0.3, 0.4) is 0 Å². The van der Waals surface area contributed by atoms with Gasteiger partial charge in [-0.15, -0.1) is 0 Å². The molecule has 2 unspecified atom stereocenters. The molecule has 3 rings (SSSR count). The van der Waals surface area contributed by atoms with Crippen LogP contribution in [0.2, 0.25) is 0 Å². The van der Waals surface area contributed by atoms with E-state index >= 15 is 0 Å². The standard InChI is InChI=1S/C21H32N4O/c1-5-20-22-18-10-6-7-11-19(18)25(20)13-16(2)21(26)24-12-8-9-17(15-24)14-23(3)4/h6-7,10-11,16-17H,5,8-9,12-15H2,1-4H3. The first-order chi connectivity index (χ1) is 12.5. The van der Waals surface area contributed by atoms with Gasteiger partial charge >= 0.3 is 0 Å². The number of nitrogens with zero attached hydrogens (tertiary/aromatic N) is 4. The van der Waals surface area contributed by atoms with Crippen molar-refractivity contribution >= 4 is 16.9 Å². The molecular formula is C21H32N4O. The quantitative estimate of drug-likeness (QED) is 0.799. The van der Waals surface area contributed by atoms with Gasteiger partial charge in [0.25, 0.3) is 0 Å². The molecule has 26 heavy (non-hydrogen) atoms. The van der Waals surface area contributed by atoms with E-state index in [1.807, 2.05) is 18.2 Å². The molecule has 1 amide bonds. The third-order valence-electron chi connectivity index (χ3n) is 5.38. The molecule has 0 saturated carbocycles. The van der Waals surface area contributed by atoms with Crippen LogP contribution in [0.4, 0.5) is 0 Å². The van der Waals surface area contributed by atoms with E-state index in [4.69, 9.17) is 4.98 Å². The molecule has 2 atom stereocenters. The van der Waals surface area contributed by atoms with Crippen LogP contribution in [0, 0.1) is 11.8 Å². The average molecular weight is 357 g/mol. The zero-order chi connectivity index (χ0) is 18.7. The SMILES string of the molecule is CCc1nc2ccccc2n1CC(C)C(=O)N1CCCC(CN(C)C)C1. The molecule has 0 radical (unpaired) electrons. The normalized spacial score (nSPS) is 19.3. The van der Waals surface area contributed by atoms with Crippen LogP contribution in [0.25, 0.3) is 11.0 Å². The highest BCUT2D eigenvalue weighted by molar-refractivity contribution is 5.79. The van der Waals surface area contributed by atoms with E-state index in [1.165, 1.54) is 6.42 Å². The van der Waals surface area contributed by atoms with E-state index in [0.717, 1.165) is 49.3 Å². The summed E-state index contributed by atoms with van der Waals surface area (Å²) in [4.78, 5) is 22.1. The third kappa shape index (κ3) is 4.09. The number of imidazole rings is 1. The molecule has 0 aliphatic carbocycles. The number of benzene rings is 1. The number of carbonyl (C=O) groups excluding carboxylic acids is 1. The lowest BCUT2D eigenvalue weighted by Gasteiger charge is -2.35. The molecule has 1 saturated heterocycles. The summed E-state index contributed by atoms with van der Waals surface area (Å²) in [6.07, 6.45) is 3.22. The summed E-state index contributed by atoms with van der Waals surface area (Å²) in [5.74, 6) is 1.91. The fraction of sp³-hybridized carbons (Fsp3) is 0.619. The van der Waals surface area contributed by atoms with Crippen LogP contribution in [0.15, 0.2) is 24.3 Å². The predicted octanol–water partition coefficient (Wildman–Crippen LogP) is 3.04. The van der Waals surface area contributed by atoms with Crippen molar-refractivity contribution in [3.8, 4) is 0 Å². The molecule has 1 aliphatic rings. The van der Waals surface area contributed by atoms with Crippen molar-refractivity contribution in [2.75, 3.05) is 33.7 Å². The van der Waals surface area contributed by atoms with Crippen molar-refractivity contribution in [2.45, 2.75) is 39.7 Å². The van der Waals surface area contributed by atoms with E-state index in [0.29, 0.717) is 12.5 Å². The van der Waals surface area contributed by atoms with Gasteiger partial charge in [0, 0.05) is 32.6 Å². The Bertz CT molecular complexity index is 752. The summed E-state index contributed by atoms with van der Waals surface area (Å²) in [7, 11) is 4.22. The Balaban J connectivity index is 1.71. The summed E-state index contributed by atoms with van der Waals surface area (Å²) < 4.78 is 2.24. The second kappa shape index (κ2) is 8.21. The van der Waals surface area contributed by atoms with Crippen molar-refractivity contribution in [3.63, 3.8) is 0 Å². The van der Waals surface area contributed by atoms with Gasteiger partial charge < -0.3 is 14.4 Å². The largest absolute Gasteiger partial charge is 0.342 e. The van der Waals surface area contributed by atoms with Crippen LogP contribution in [0.5, 0.6) is 0 Å². The lowest BCUT2D eigenvalue weighted by molar-refractivity contribution is -0.137. The summed E-state index contributed by atoms with van der Waals surface area (Å²) in [5.41, 5.74) is 2.15. The Morgan fingerprint density at radius 2 is 2.12 bits per heavy atom. The molecule has 5 heteroatoms. The zero-order valence-electron chi connectivity index (χ0n) is 16.6. The molecule has 1 fully saturated rings. The van der Waals surface area contributed by atoms with Crippen molar-refractivity contribution in [3.05, 3.63) is 30.1 Å². The number of carbonyl (C=O) groups is 1. The number of piperidine rings is 1. The number of rotatable bonds is 6. The van der Waals surface area contributed by atoms with Crippen molar-refractivity contribution in [1.82, 2.24) is 19.4 Å². The fourth-order valence-corrected chi connectivity index (χ4v) is 4.19. The number of aromatic nitrogens is 2. The van der Waals surface area contributed by atoms with Gasteiger partial charge in [0.15, 0.2) is 0 Å². The summed E-state index contributed by atoms with van der Waals surface area (Å²) in [5, 5.41) is 0. The highest BCUT2D eigenvalue weighted by Gasteiger charge is 2.27. The first-order valence-corrected chi connectivity index (χ1v) is 9.87. The molecule has 0 bridgehead atoms. The number of amides is 1. The number of likely N-dealkylation sites (tertiary alicyclic amines) is 1. The van der Waals surface area contributed by atoms with Gasteiger partial charge in [-0.25, -0.2) is 4.98 Å². The van der Waals surface area contributed by atoms with E-state index in [9.17, 15) is 4.79 Å². The van der Waals surface area contributed by atoms with E-state index in [1.54, 1.807) is 0 Å². The van der Waals surface area contributed by atoms with Gasteiger partial charge in [0.1, 0.15) is 5.82 Å². The van der Waals surface area contributed by atoms with Gasteiger partial charge in [-0.1, -0.05) is 26.0 Å². The predicted molar refractivity (Wildman–Crippen MR) is 106 cm³/mol. The number of fused-ring (bicyclic) bond motifs is 1. The van der Waals surface area contributed by atoms with Crippen molar-refractivity contribution in [1.29, 1.82) is 0 Å². The minimum absolute atomic E-state index is 0.0315. The maximum atomic E-state index is 13.1. The molecule has 1 aromatic carbocycles. The minimum Gasteiger partial charge on any atom is -0.342 e. The minimum atomic E-state index is -0.0315. The topological polar surface area (TPSA) is 41.4 Å². The summed E-state index contributed by atoms with van der Waals surface area (Å²) >= 11 is 0. The number of aryl methyl sites for hydroxylation is 1. The number of para-hydroxylation sites is 2.